The molecule has 0 fully saturated rings. The molecule has 1 atom stereocenters. The summed E-state index contributed by atoms with van der Waals surface area (Å²) in [5.41, 5.74) is 1.64. The zero-order chi connectivity index (χ0) is 12.9. The molecule has 0 aliphatic heterocycles. The van der Waals surface area contributed by atoms with Gasteiger partial charge < -0.3 is 5.32 Å². The Morgan fingerprint density at radius 1 is 1.35 bits per heavy atom. The van der Waals surface area contributed by atoms with Gasteiger partial charge in [-0.25, -0.2) is 0 Å². The Kier molecular flexibility index (Phi) is 5.60. The van der Waals surface area contributed by atoms with Gasteiger partial charge in [0.15, 0.2) is 0 Å². The quantitative estimate of drug-likeness (QED) is 0.894. The summed E-state index contributed by atoms with van der Waals surface area (Å²) in [4.78, 5) is 4.22. The summed E-state index contributed by atoms with van der Waals surface area (Å²) >= 11 is 3.47. The van der Waals surface area contributed by atoms with Gasteiger partial charge in [-0.05, 0) is 52.4 Å². The van der Waals surface area contributed by atoms with Crippen molar-refractivity contribution in [2.24, 2.45) is 5.41 Å². The Labute approximate surface area is 113 Å². The van der Waals surface area contributed by atoms with Crippen molar-refractivity contribution >= 4 is 15.9 Å². The van der Waals surface area contributed by atoms with E-state index < -0.39 is 0 Å². The lowest BCUT2D eigenvalue weighted by Crippen LogP contribution is -2.34. The molecule has 0 bridgehead atoms. The van der Waals surface area contributed by atoms with Gasteiger partial charge in [0.2, 0.25) is 0 Å². The predicted octanol–water partition coefficient (Wildman–Crippen LogP) is 3.80. The first-order valence-corrected chi connectivity index (χ1v) is 7.03. The molecule has 96 valence electrons. The van der Waals surface area contributed by atoms with Gasteiger partial charge in [-0.1, -0.05) is 27.7 Å². The monoisotopic (exact) mass is 298 g/mol. The number of likely N-dealkylation sites (N-methyl/N-ethyl adjacent to an activating group) is 1. The summed E-state index contributed by atoms with van der Waals surface area (Å²) in [5.74, 6) is 0. The van der Waals surface area contributed by atoms with Crippen LogP contribution < -0.4 is 5.32 Å². The van der Waals surface area contributed by atoms with E-state index in [4.69, 9.17) is 0 Å². The molecule has 0 saturated heterocycles. The second-order valence-electron chi connectivity index (χ2n) is 5.73. The molecule has 3 heteroatoms. The molecular formula is C14H23BrN2. The fraction of sp³-hybridized carbons (Fsp3) is 0.643. The number of pyridine rings is 1. The van der Waals surface area contributed by atoms with Crippen molar-refractivity contribution in [2.45, 2.75) is 46.6 Å². The molecule has 2 nitrogen and oxygen atoms in total. The van der Waals surface area contributed by atoms with E-state index in [9.17, 15) is 0 Å². The molecule has 1 heterocycles. The lowest BCUT2D eigenvalue weighted by Gasteiger charge is -2.26. The Morgan fingerprint density at radius 3 is 2.59 bits per heavy atom. The Hall–Kier alpha value is -0.410. The first kappa shape index (κ1) is 14.7. The fourth-order valence-corrected chi connectivity index (χ4v) is 2.51. The maximum atomic E-state index is 4.22. The zero-order valence-electron chi connectivity index (χ0n) is 11.3. The van der Waals surface area contributed by atoms with Gasteiger partial charge in [0, 0.05) is 22.9 Å². The highest BCUT2D eigenvalue weighted by Gasteiger charge is 2.18. The van der Waals surface area contributed by atoms with Crippen LogP contribution >= 0.6 is 15.9 Å². The van der Waals surface area contributed by atoms with Gasteiger partial charge in [-0.3, -0.25) is 4.98 Å². The van der Waals surface area contributed by atoms with E-state index in [1.807, 2.05) is 12.4 Å². The normalized spacial score (nSPS) is 13.7. The molecule has 0 aromatic carbocycles. The van der Waals surface area contributed by atoms with Crippen LogP contribution in [0.4, 0.5) is 0 Å². The first-order chi connectivity index (χ1) is 7.90. The van der Waals surface area contributed by atoms with Gasteiger partial charge in [0.25, 0.3) is 0 Å². The number of nitrogens with one attached hydrogen (secondary N) is 1. The first-order valence-electron chi connectivity index (χ1n) is 6.23. The van der Waals surface area contributed by atoms with Crippen molar-refractivity contribution in [1.82, 2.24) is 10.3 Å². The van der Waals surface area contributed by atoms with Crippen LogP contribution in [0.15, 0.2) is 22.9 Å². The Bertz CT molecular complexity index is 344. The summed E-state index contributed by atoms with van der Waals surface area (Å²) in [6.45, 7) is 10.0. The van der Waals surface area contributed by atoms with Crippen molar-refractivity contribution in [1.29, 1.82) is 0 Å². The average Bonchev–Trinajstić information content (AvgIpc) is 2.15. The molecule has 1 rings (SSSR count). The van der Waals surface area contributed by atoms with Crippen LogP contribution in [0.3, 0.4) is 0 Å². The second kappa shape index (κ2) is 6.50. The number of rotatable bonds is 5. The highest BCUT2D eigenvalue weighted by atomic mass is 79.9. The largest absolute Gasteiger partial charge is 0.314 e. The SMILES string of the molecule is CCNC(Cc1cncc(Br)c1)CC(C)(C)C. The zero-order valence-corrected chi connectivity index (χ0v) is 12.8. The van der Waals surface area contributed by atoms with Crippen LogP contribution in [-0.2, 0) is 6.42 Å². The van der Waals surface area contributed by atoms with E-state index >= 15 is 0 Å². The summed E-state index contributed by atoms with van der Waals surface area (Å²) in [6, 6.07) is 2.68. The summed E-state index contributed by atoms with van der Waals surface area (Å²) in [5, 5.41) is 3.56. The Morgan fingerprint density at radius 2 is 2.06 bits per heavy atom. The van der Waals surface area contributed by atoms with Crippen molar-refractivity contribution in [3.63, 3.8) is 0 Å². The van der Waals surface area contributed by atoms with Gasteiger partial charge in [-0.2, -0.15) is 0 Å². The van der Waals surface area contributed by atoms with Gasteiger partial charge >= 0.3 is 0 Å². The van der Waals surface area contributed by atoms with Gasteiger partial charge in [0.1, 0.15) is 0 Å². The minimum atomic E-state index is 0.353. The number of nitrogens with zero attached hydrogens (tertiary/aromatic N) is 1. The molecule has 1 unspecified atom stereocenters. The van der Waals surface area contributed by atoms with Crippen LogP contribution in [0.25, 0.3) is 0 Å². The molecule has 1 aromatic heterocycles. The third-order valence-electron chi connectivity index (χ3n) is 2.60. The van der Waals surface area contributed by atoms with Crippen LogP contribution in [0.1, 0.15) is 39.7 Å². The molecule has 0 aliphatic carbocycles. The topological polar surface area (TPSA) is 24.9 Å². The molecule has 17 heavy (non-hydrogen) atoms. The van der Waals surface area contributed by atoms with Crippen LogP contribution in [-0.4, -0.2) is 17.6 Å². The van der Waals surface area contributed by atoms with Gasteiger partial charge in [0.05, 0.1) is 0 Å². The fourth-order valence-electron chi connectivity index (χ4n) is 2.10. The molecular weight excluding hydrogens is 276 g/mol. The number of hydrogen-bond acceptors (Lipinski definition) is 2. The minimum absolute atomic E-state index is 0.353. The van der Waals surface area contributed by atoms with Gasteiger partial charge in [-0.15, -0.1) is 0 Å². The maximum absolute atomic E-state index is 4.22. The van der Waals surface area contributed by atoms with E-state index in [1.54, 1.807) is 0 Å². The van der Waals surface area contributed by atoms with Crippen molar-refractivity contribution < 1.29 is 0 Å². The molecule has 0 aliphatic rings. The van der Waals surface area contributed by atoms with Crippen molar-refractivity contribution in [2.75, 3.05) is 6.54 Å². The standard InChI is InChI=1S/C14H23BrN2/c1-5-17-13(8-14(2,3)4)7-11-6-12(15)10-16-9-11/h6,9-10,13,17H,5,7-8H2,1-4H3. The van der Waals surface area contributed by atoms with Crippen LogP contribution in [0.2, 0.25) is 0 Å². The van der Waals surface area contributed by atoms with E-state index in [0.717, 1.165) is 17.4 Å². The molecule has 0 spiro atoms. The molecule has 1 N–H and O–H groups in total. The van der Waals surface area contributed by atoms with E-state index in [0.29, 0.717) is 11.5 Å². The molecule has 1 aromatic rings. The lowest BCUT2D eigenvalue weighted by molar-refractivity contribution is 0.309. The predicted molar refractivity (Wildman–Crippen MR) is 77.2 cm³/mol. The third kappa shape index (κ3) is 6.18. The second-order valence-corrected chi connectivity index (χ2v) is 6.65. The minimum Gasteiger partial charge on any atom is -0.314 e. The van der Waals surface area contributed by atoms with E-state index in [2.05, 4.69) is 60.0 Å². The van der Waals surface area contributed by atoms with Crippen LogP contribution in [0.5, 0.6) is 0 Å². The Balaban J connectivity index is 2.66. The lowest BCUT2D eigenvalue weighted by atomic mass is 9.86. The highest BCUT2D eigenvalue weighted by Crippen LogP contribution is 2.23. The molecule has 0 radical (unpaired) electrons. The van der Waals surface area contributed by atoms with Crippen molar-refractivity contribution in [3.05, 3.63) is 28.5 Å². The number of hydrogen-bond donors (Lipinski definition) is 1. The molecule has 0 amide bonds. The highest BCUT2D eigenvalue weighted by molar-refractivity contribution is 9.10. The summed E-state index contributed by atoms with van der Waals surface area (Å²) in [7, 11) is 0. The van der Waals surface area contributed by atoms with Crippen molar-refractivity contribution in [3.8, 4) is 0 Å². The third-order valence-corrected chi connectivity index (χ3v) is 3.03. The van der Waals surface area contributed by atoms with E-state index in [-0.39, 0.29) is 0 Å². The number of halogens is 1. The number of aromatic nitrogens is 1. The maximum Gasteiger partial charge on any atom is 0.0410 e. The van der Waals surface area contributed by atoms with Crippen LogP contribution in [0, 0.1) is 5.41 Å². The van der Waals surface area contributed by atoms with E-state index in [1.165, 1.54) is 12.0 Å². The smallest absolute Gasteiger partial charge is 0.0410 e. The molecule has 0 saturated carbocycles. The average molecular weight is 299 g/mol. The summed E-state index contributed by atoms with van der Waals surface area (Å²) < 4.78 is 1.06. The summed E-state index contributed by atoms with van der Waals surface area (Å²) in [6.07, 6.45) is 6.00.